The van der Waals surface area contributed by atoms with Crippen LogP contribution in [0.5, 0.6) is 0 Å². The molecule has 3 atom stereocenters. The summed E-state index contributed by atoms with van der Waals surface area (Å²) < 4.78 is 0. The highest BCUT2D eigenvalue weighted by Gasteiger charge is 2.37. The second kappa shape index (κ2) is 7.59. The number of hydrogen-bond acceptors (Lipinski definition) is 3. The summed E-state index contributed by atoms with van der Waals surface area (Å²) in [5.41, 5.74) is 1.99. The summed E-state index contributed by atoms with van der Waals surface area (Å²) in [5.74, 6) is -0.754. The summed E-state index contributed by atoms with van der Waals surface area (Å²) in [6.07, 6.45) is 0.796. The van der Waals surface area contributed by atoms with Crippen molar-refractivity contribution in [3.8, 4) is 0 Å². The monoisotopic (exact) mass is 318 g/mol. The molecule has 0 bridgehead atoms. The zero-order valence-electron chi connectivity index (χ0n) is 14.1. The summed E-state index contributed by atoms with van der Waals surface area (Å²) in [6.45, 7) is 6.77. The van der Waals surface area contributed by atoms with Crippen LogP contribution in [0.1, 0.15) is 32.3 Å². The number of aliphatic hydroxyl groups is 1. The number of hydrogen-bond donors (Lipinski definition) is 2. The molecule has 1 aromatic carbocycles. The Morgan fingerprint density at radius 1 is 1.35 bits per heavy atom. The molecule has 0 spiro atoms. The van der Waals surface area contributed by atoms with Gasteiger partial charge in [0.2, 0.25) is 11.8 Å². The summed E-state index contributed by atoms with van der Waals surface area (Å²) in [5, 5.41) is 12.2. The molecule has 1 saturated heterocycles. The van der Waals surface area contributed by atoms with Gasteiger partial charge in [-0.1, -0.05) is 24.6 Å². The third kappa shape index (κ3) is 4.55. The van der Waals surface area contributed by atoms with Gasteiger partial charge in [-0.2, -0.15) is 0 Å². The first kappa shape index (κ1) is 17.5. The Morgan fingerprint density at radius 2 is 2.00 bits per heavy atom. The van der Waals surface area contributed by atoms with Gasteiger partial charge in [-0.15, -0.1) is 0 Å². The Kier molecular flexibility index (Phi) is 5.77. The second-order valence-corrected chi connectivity index (χ2v) is 6.60. The molecule has 1 fully saturated rings. The average molecular weight is 318 g/mol. The fourth-order valence-electron chi connectivity index (χ4n) is 2.97. The summed E-state index contributed by atoms with van der Waals surface area (Å²) in [7, 11) is 0. The molecule has 1 heterocycles. The quantitative estimate of drug-likeness (QED) is 0.787. The Bertz CT molecular complexity index is 554. The van der Waals surface area contributed by atoms with E-state index in [1.165, 1.54) is 0 Å². The van der Waals surface area contributed by atoms with Crippen molar-refractivity contribution in [2.45, 2.75) is 39.7 Å². The molecule has 0 saturated carbocycles. The fourth-order valence-corrected chi connectivity index (χ4v) is 2.97. The number of carbonyl (C=O) groups excluding carboxylic acids is 2. The fraction of sp³-hybridized carbons (Fsp3) is 0.556. The third-order valence-electron chi connectivity index (χ3n) is 4.24. The molecule has 23 heavy (non-hydrogen) atoms. The van der Waals surface area contributed by atoms with Crippen LogP contribution in [0.25, 0.3) is 0 Å². The van der Waals surface area contributed by atoms with Crippen molar-refractivity contribution >= 4 is 17.5 Å². The van der Waals surface area contributed by atoms with Crippen LogP contribution in [0, 0.1) is 18.8 Å². The smallest absolute Gasteiger partial charge is 0.239 e. The van der Waals surface area contributed by atoms with Gasteiger partial charge >= 0.3 is 0 Å². The van der Waals surface area contributed by atoms with E-state index >= 15 is 0 Å². The minimum atomic E-state index is -0.602. The highest BCUT2D eigenvalue weighted by atomic mass is 16.3. The highest BCUT2D eigenvalue weighted by molar-refractivity contribution is 6.09. The molecule has 3 unspecified atom stereocenters. The van der Waals surface area contributed by atoms with Gasteiger partial charge in [0.15, 0.2) is 0 Å². The third-order valence-corrected chi connectivity index (χ3v) is 4.24. The molecule has 2 amide bonds. The van der Waals surface area contributed by atoms with Gasteiger partial charge in [-0.05, 0) is 44.7 Å². The SMILES string of the molecule is Cc1ccc(N2CCC(C(=O)NCC(C)CC(C)O)C2=O)cc1. The number of rotatable bonds is 6. The normalized spacial score (nSPS) is 20.4. The molecule has 2 N–H and O–H groups in total. The molecule has 0 aliphatic carbocycles. The molecular formula is C18H26N2O3. The predicted octanol–water partition coefficient (Wildman–Crippen LogP) is 1.87. The van der Waals surface area contributed by atoms with Gasteiger partial charge in [0, 0.05) is 18.8 Å². The number of aryl methyl sites for hydroxylation is 1. The van der Waals surface area contributed by atoms with Crippen LogP contribution >= 0.6 is 0 Å². The van der Waals surface area contributed by atoms with Crippen LogP contribution in [0.2, 0.25) is 0 Å². The van der Waals surface area contributed by atoms with Crippen molar-refractivity contribution in [3.63, 3.8) is 0 Å². The molecule has 1 aliphatic heterocycles. The lowest BCUT2D eigenvalue weighted by atomic mass is 10.0. The lowest BCUT2D eigenvalue weighted by Crippen LogP contribution is -2.38. The first-order chi connectivity index (χ1) is 10.9. The van der Waals surface area contributed by atoms with Gasteiger partial charge in [0.1, 0.15) is 5.92 Å². The van der Waals surface area contributed by atoms with E-state index in [0.29, 0.717) is 25.9 Å². The Hall–Kier alpha value is -1.88. The van der Waals surface area contributed by atoms with Gasteiger partial charge in [0.05, 0.1) is 6.10 Å². The topological polar surface area (TPSA) is 69.6 Å². The maximum Gasteiger partial charge on any atom is 0.239 e. The molecule has 126 valence electrons. The molecule has 5 nitrogen and oxygen atoms in total. The van der Waals surface area contributed by atoms with E-state index in [0.717, 1.165) is 11.3 Å². The summed E-state index contributed by atoms with van der Waals surface area (Å²) in [4.78, 5) is 26.4. The van der Waals surface area contributed by atoms with E-state index in [1.54, 1.807) is 11.8 Å². The minimum absolute atomic E-state index is 0.130. The molecule has 2 rings (SSSR count). The largest absolute Gasteiger partial charge is 0.393 e. The van der Waals surface area contributed by atoms with E-state index < -0.39 is 5.92 Å². The van der Waals surface area contributed by atoms with Crippen LogP contribution in [0.15, 0.2) is 24.3 Å². The second-order valence-electron chi connectivity index (χ2n) is 6.60. The Balaban J connectivity index is 1.90. The number of nitrogens with zero attached hydrogens (tertiary/aromatic N) is 1. The maximum atomic E-state index is 12.5. The van der Waals surface area contributed by atoms with Crippen molar-refractivity contribution in [1.29, 1.82) is 0 Å². The predicted molar refractivity (Wildman–Crippen MR) is 90.1 cm³/mol. The molecule has 5 heteroatoms. The van der Waals surface area contributed by atoms with Gasteiger partial charge in [-0.25, -0.2) is 0 Å². The lowest BCUT2D eigenvalue weighted by molar-refractivity contribution is -0.132. The highest BCUT2D eigenvalue weighted by Crippen LogP contribution is 2.25. The van der Waals surface area contributed by atoms with Crippen molar-refractivity contribution in [2.24, 2.45) is 11.8 Å². The molecule has 0 radical (unpaired) electrons. The van der Waals surface area contributed by atoms with Crippen LogP contribution in [-0.4, -0.2) is 36.1 Å². The number of aliphatic hydroxyl groups excluding tert-OH is 1. The zero-order chi connectivity index (χ0) is 17.0. The first-order valence-corrected chi connectivity index (χ1v) is 8.22. The molecule has 1 aliphatic rings. The Labute approximate surface area is 137 Å². The van der Waals surface area contributed by atoms with Crippen molar-refractivity contribution in [3.05, 3.63) is 29.8 Å². The number of carbonyl (C=O) groups is 2. The summed E-state index contributed by atoms with van der Waals surface area (Å²) >= 11 is 0. The van der Waals surface area contributed by atoms with Crippen molar-refractivity contribution < 1.29 is 14.7 Å². The van der Waals surface area contributed by atoms with Gasteiger partial charge < -0.3 is 15.3 Å². The number of amides is 2. The minimum Gasteiger partial charge on any atom is -0.393 e. The van der Waals surface area contributed by atoms with Gasteiger partial charge in [0.25, 0.3) is 0 Å². The molecule has 1 aromatic rings. The van der Waals surface area contributed by atoms with Crippen LogP contribution < -0.4 is 10.2 Å². The number of nitrogens with one attached hydrogen (secondary N) is 1. The van der Waals surface area contributed by atoms with Crippen LogP contribution in [0.4, 0.5) is 5.69 Å². The van der Waals surface area contributed by atoms with Crippen LogP contribution in [-0.2, 0) is 9.59 Å². The van der Waals surface area contributed by atoms with E-state index in [4.69, 9.17) is 0 Å². The van der Waals surface area contributed by atoms with E-state index in [2.05, 4.69) is 5.32 Å². The maximum absolute atomic E-state index is 12.5. The van der Waals surface area contributed by atoms with Crippen molar-refractivity contribution in [2.75, 3.05) is 18.0 Å². The van der Waals surface area contributed by atoms with E-state index in [9.17, 15) is 14.7 Å². The van der Waals surface area contributed by atoms with Gasteiger partial charge in [-0.3, -0.25) is 9.59 Å². The van der Waals surface area contributed by atoms with Crippen molar-refractivity contribution in [1.82, 2.24) is 5.32 Å². The number of benzene rings is 1. The molecular weight excluding hydrogens is 292 g/mol. The average Bonchev–Trinajstić information content (AvgIpc) is 2.87. The van der Waals surface area contributed by atoms with Crippen LogP contribution in [0.3, 0.4) is 0 Å². The number of anilines is 1. The standard InChI is InChI=1S/C18H26N2O3/c1-12-4-6-15(7-5-12)20-9-8-16(18(20)23)17(22)19-11-13(2)10-14(3)21/h4-7,13-14,16,21H,8-11H2,1-3H3,(H,19,22). The van der Waals surface area contributed by atoms with E-state index in [1.807, 2.05) is 38.1 Å². The summed E-state index contributed by atoms with van der Waals surface area (Å²) in [6, 6.07) is 7.76. The lowest BCUT2D eigenvalue weighted by Gasteiger charge is -2.18. The molecule has 0 aromatic heterocycles. The zero-order valence-corrected chi connectivity index (χ0v) is 14.1. The Morgan fingerprint density at radius 3 is 2.61 bits per heavy atom. The van der Waals surface area contributed by atoms with E-state index in [-0.39, 0.29) is 23.8 Å². The first-order valence-electron chi connectivity index (χ1n) is 8.22.